The van der Waals surface area contributed by atoms with Gasteiger partial charge in [-0.25, -0.2) is 0 Å². The molecule has 2 bridgehead atoms. The zero-order valence-corrected chi connectivity index (χ0v) is 18.9. The van der Waals surface area contributed by atoms with Gasteiger partial charge in [-0.1, -0.05) is 41.9 Å². The third-order valence-corrected chi connectivity index (χ3v) is 7.20. The van der Waals surface area contributed by atoms with E-state index in [1.54, 1.807) is 4.68 Å². The fraction of sp³-hybridized carbons (Fsp3) is 0.320. The van der Waals surface area contributed by atoms with Crippen LogP contribution in [0, 0.1) is 0 Å². The van der Waals surface area contributed by atoms with E-state index in [0.29, 0.717) is 10.7 Å². The van der Waals surface area contributed by atoms with Gasteiger partial charge in [0.2, 0.25) is 0 Å². The Bertz CT molecular complexity index is 1370. The Balaban J connectivity index is 1.46. The molecule has 32 heavy (non-hydrogen) atoms. The van der Waals surface area contributed by atoms with Crippen molar-refractivity contribution in [2.24, 2.45) is 14.1 Å². The van der Waals surface area contributed by atoms with E-state index in [2.05, 4.69) is 16.1 Å². The standard InChI is InChI=1S/C25H24ClN5O/c1-29-20-11-4-3-10-18(20)23(28-29)25(32)31-17-9-6-12-21(31)22-19(14-17)24(30(2)27-22)15-7-5-8-16(26)13-15/h3-5,7-8,10-11,13,17,21H,6,9,12,14H2,1-2H3. The molecule has 7 heteroatoms. The number of carbonyl (C=O) groups is 1. The first-order chi connectivity index (χ1) is 15.5. The third-order valence-electron chi connectivity index (χ3n) is 6.97. The number of piperidine rings is 1. The molecule has 1 fully saturated rings. The molecule has 2 unspecified atom stereocenters. The number of halogens is 1. The van der Waals surface area contributed by atoms with Gasteiger partial charge in [0.25, 0.3) is 5.91 Å². The van der Waals surface area contributed by atoms with Gasteiger partial charge in [0.05, 0.1) is 22.9 Å². The zero-order chi connectivity index (χ0) is 22.0. The number of nitrogens with zero attached hydrogens (tertiary/aromatic N) is 5. The van der Waals surface area contributed by atoms with Gasteiger partial charge >= 0.3 is 0 Å². The molecule has 2 atom stereocenters. The molecule has 2 aliphatic rings. The van der Waals surface area contributed by atoms with Crippen molar-refractivity contribution < 1.29 is 4.79 Å². The largest absolute Gasteiger partial charge is 0.325 e. The van der Waals surface area contributed by atoms with Crippen LogP contribution in [0.15, 0.2) is 48.5 Å². The van der Waals surface area contributed by atoms with E-state index in [-0.39, 0.29) is 18.0 Å². The van der Waals surface area contributed by atoms with Crippen molar-refractivity contribution in [1.82, 2.24) is 24.5 Å². The van der Waals surface area contributed by atoms with Crippen molar-refractivity contribution in [2.45, 2.75) is 37.8 Å². The minimum Gasteiger partial charge on any atom is -0.325 e. The molecule has 2 aromatic heterocycles. The summed E-state index contributed by atoms with van der Waals surface area (Å²) in [5.41, 5.74) is 5.96. The minimum absolute atomic E-state index is 0.0112. The zero-order valence-electron chi connectivity index (χ0n) is 18.1. The molecule has 2 aliphatic heterocycles. The Hall–Kier alpha value is -3.12. The first-order valence-electron chi connectivity index (χ1n) is 11.1. The molecule has 0 radical (unpaired) electrons. The van der Waals surface area contributed by atoms with Crippen molar-refractivity contribution in [1.29, 1.82) is 0 Å². The normalized spacial score (nSPS) is 19.9. The summed E-state index contributed by atoms with van der Waals surface area (Å²) in [6.07, 6.45) is 3.82. The highest BCUT2D eigenvalue weighted by Crippen LogP contribution is 2.45. The summed E-state index contributed by atoms with van der Waals surface area (Å²) in [6, 6.07) is 16.0. The van der Waals surface area contributed by atoms with Crippen LogP contribution in [0.5, 0.6) is 0 Å². The van der Waals surface area contributed by atoms with Gasteiger partial charge in [0, 0.05) is 41.7 Å². The van der Waals surface area contributed by atoms with E-state index >= 15 is 0 Å². The average Bonchev–Trinajstić information content (AvgIpc) is 3.30. The predicted octanol–water partition coefficient (Wildman–Crippen LogP) is 4.92. The molecule has 6 rings (SSSR count). The summed E-state index contributed by atoms with van der Waals surface area (Å²) in [5, 5.41) is 11.2. The average molecular weight is 446 g/mol. The van der Waals surface area contributed by atoms with Gasteiger partial charge in [-0.3, -0.25) is 14.2 Å². The van der Waals surface area contributed by atoms with Crippen LogP contribution in [0.1, 0.15) is 47.1 Å². The second-order valence-electron chi connectivity index (χ2n) is 8.85. The Morgan fingerprint density at radius 2 is 1.88 bits per heavy atom. The summed E-state index contributed by atoms with van der Waals surface area (Å²) in [5.74, 6) is 0.0112. The minimum atomic E-state index is -0.0232. The van der Waals surface area contributed by atoms with Crippen molar-refractivity contribution in [3.63, 3.8) is 0 Å². The highest BCUT2D eigenvalue weighted by atomic mass is 35.5. The lowest BCUT2D eigenvalue weighted by Gasteiger charge is -2.45. The van der Waals surface area contributed by atoms with Gasteiger partial charge in [-0.2, -0.15) is 10.2 Å². The molecule has 1 amide bonds. The molecule has 0 aliphatic carbocycles. The predicted molar refractivity (Wildman–Crippen MR) is 125 cm³/mol. The van der Waals surface area contributed by atoms with Crippen LogP contribution in [0.2, 0.25) is 5.02 Å². The highest BCUT2D eigenvalue weighted by Gasteiger charge is 2.44. The van der Waals surface area contributed by atoms with Gasteiger partial charge in [0.1, 0.15) is 0 Å². The first-order valence-corrected chi connectivity index (χ1v) is 11.5. The van der Waals surface area contributed by atoms with E-state index in [1.165, 1.54) is 5.56 Å². The van der Waals surface area contributed by atoms with Gasteiger partial charge < -0.3 is 4.90 Å². The molecule has 6 nitrogen and oxygen atoms in total. The smallest absolute Gasteiger partial charge is 0.275 e. The Labute approximate surface area is 191 Å². The Kier molecular flexibility index (Phi) is 4.40. The second-order valence-corrected chi connectivity index (χ2v) is 9.29. The highest BCUT2D eigenvalue weighted by molar-refractivity contribution is 6.30. The van der Waals surface area contributed by atoms with Crippen LogP contribution >= 0.6 is 11.6 Å². The number of para-hydroxylation sites is 1. The first kappa shape index (κ1) is 19.6. The summed E-state index contributed by atoms with van der Waals surface area (Å²) >= 11 is 6.28. The van der Waals surface area contributed by atoms with Crippen molar-refractivity contribution >= 4 is 28.4 Å². The molecule has 1 saturated heterocycles. The lowest BCUT2D eigenvalue weighted by molar-refractivity contribution is 0.0387. The lowest BCUT2D eigenvalue weighted by Crippen LogP contribution is -2.50. The van der Waals surface area contributed by atoms with Crippen LogP contribution in [0.3, 0.4) is 0 Å². The topological polar surface area (TPSA) is 56.0 Å². The quantitative estimate of drug-likeness (QED) is 0.440. The van der Waals surface area contributed by atoms with E-state index in [9.17, 15) is 4.79 Å². The number of rotatable bonds is 2. The summed E-state index contributed by atoms with van der Waals surface area (Å²) in [7, 11) is 3.88. The molecule has 4 heterocycles. The van der Waals surface area contributed by atoms with Crippen LogP contribution < -0.4 is 0 Å². The maximum atomic E-state index is 13.9. The number of fused-ring (bicyclic) bond motifs is 5. The maximum Gasteiger partial charge on any atom is 0.275 e. The molecule has 0 spiro atoms. The third kappa shape index (κ3) is 2.82. The summed E-state index contributed by atoms with van der Waals surface area (Å²) in [4.78, 5) is 15.9. The fourth-order valence-corrected chi connectivity index (χ4v) is 5.83. The molecule has 162 valence electrons. The summed E-state index contributed by atoms with van der Waals surface area (Å²) in [6.45, 7) is 0. The van der Waals surface area contributed by atoms with Crippen LogP contribution in [0.25, 0.3) is 22.2 Å². The number of aryl methyl sites for hydroxylation is 2. The number of carbonyl (C=O) groups excluding carboxylic acids is 1. The number of hydrogen-bond donors (Lipinski definition) is 0. The van der Waals surface area contributed by atoms with Crippen LogP contribution in [-0.2, 0) is 20.5 Å². The van der Waals surface area contributed by atoms with Crippen molar-refractivity contribution in [3.05, 3.63) is 70.5 Å². The van der Waals surface area contributed by atoms with E-state index in [0.717, 1.165) is 53.5 Å². The van der Waals surface area contributed by atoms with Crippen molar-refractivity contribution in [3.8, 4) is 11.3 Å². The van der Waals surface area contributed by atoms with Crippen molar-refractivity contribution in [2.75, 3.05) is 0 Å². The monoisotopic (exact) mass is 445 g/mol. The summed E-state index contributed by atoms with van der Waals surface area (Å²) < 4.78 is 3.75. The van der Waals surface area contributed by atoms with Gasteiger partial charge in [0.15, 0.2) is 5.69 Å². The van der Waals surface area contributed by atoms with Gasteiger partial charge in [-0.15, -0.1) is 0 Å². The van der Waals surface area contributed by atoms with E-state index in [1.807, 2.05) is 61.2 Å². The van der Waals surface area contributed by atoms with Gasteiger partial charge in [-0.05, 0) is 43.9 Å². The number of hydrogen-bond acceptors (Lipinski definition) is 3. The molecule has 4 aromatic rings. The molecular weight excluding hydrogens is 422 g/mol. The molecule has 2 aromatic carbocycles. The Morgan fingerprint density at radius 1 is 1.03 bits per heavy atom. The van der Waals surface area contributed by atoms with E-state index in [4.69, 9.17) is 16.7 Å². The Morgan fingerprint density at radius 3 is 2.72 bits per heavy atom. The number of benzene rings is 2. The molecule has 0 saturated carbocycles. The molecule has 0 N–H and O–H groups in total. The molecular formula is C25H24ClN5O. The SMILES string of the molecule is Cn1nc2c(c1-c1cccc(Cl)c1)CC1CCCC2N1C(=O)c1nn(C)c2ccccc12. The lowest BCUT2D eigenvalue weighted by atomic mass is 9.81. The number of amides is 1. The van der Waals surface area contributed by atoms with Crippen LogP contribution in [-0.4, -0.2) is 36.4 Å². The van der Waals surface area contributed by atoms with E-state index < -0.39 is 0 Å². The maximum absolute atomic E-state index is 13.9. The number of aromatic nitrogens is 4. The van der Waals surface area contributed by atoms with Crippen LogP contribution in [0.4, 0.5) is 0 Å². The fourth-order valence-electron chi connectivity index (χ4n) is 5.64. The second kappa shape index (κ2) is 7.20.